The van der Waals surface area contributed by atoms with Gasteiger partial charge in [0.05, 0.1) is 25.6 Å². The monoisotopic (exact) mass is 350 g/mol. The summed E-state index contributed by atoms with van der Waals surface area (Å²) in [5.74, 6) is -0.765. The molecule has 0 unspecified atom stereocenters. The second-order valence-electron chi connectivity index (χ2n) is 5.05. The van der Waals surface area contributed by atoms with Crippen molar-refractivity contribution >= 4 is 23.5 Å². The summed E-state index contributed by atoms with van der Waals surface area (Å²) in [6, 6.07) is 9.29. The summed E-state index contributed by atoms with van der Waals surface area (Å²) in [7, 11) is 2.52. The van der Waals surface area contributed by atoms with Crippen molar-refractivity contribution in [1.82, 2.24) is 9.78 Å². The third-order valence-corrected chi connectivity index (χ3v) is 3.81. The molecule has 7 heteroatoms. The van der Waals surface area contributed by atoms with Crippen LogP contribution in [-0.2, 0) is 15.9 Å². The Morgan fingerprint density at radius 1 is 1.08 bits per heavy atom. The molecule has 2 rings (SSSR count). The fourth-order valence-electron chi connectivity index (χ4n) is 2.41. The van der Waals surface area contributed by atoms with Gasteiger partial charge >= 0.3 is 11.9 Å². The number of methoxy groups -OCH3 is 2. The zero-order valence-electron chi connectivity index (χ0n) is 13.6. The maximum Gasteiger partial charge on any atom is 0.359 e. The molecule has 0 saturated heterocycles. The number of carbonyl (C=O) groups is 2. The van der Waals surface area contributed by atoms with Crippen LogP contribution in [0.25, 0.3) is 5.69 Å². The van der Waals surface area contributed by atoms with Gasteiger partial charge in [0, 0.05) is 5.88 Å². The molecular weight excluding hydrogens is 332 g/mol. The molecule has 128 valence electrons. The number of alkyl halides is 1. The van der Waals surface area contributed by atoms with Gasteiger partial charge in [-0.1, -0.05) is 18.2 Å². The number of rotatable bonds is 7. The van der Waals surface area contributed by atoms with Gasteiger partial charge in [0.1, 0.15) is 5.56 Å². The predicted molar refractivity (Wildman–Crippen MR) is 89.9 cm³/mol. The van der Waals surface area contributed by atoms with E-state index in [1.165, 1.54) is 14.2 Å². The van der Waals surface area contributed by atoms with Gasteiger partial charge in [-0.15, -0.1) is 11.6 Å². The van der Waals surface area contributed by atoms with E-state index in [1.54, 1.807) is 4.68 Å². The molecule has 2 aromatic rings. The molecule has 0 atom stereocenters. The van der Waals surface area contributed by atoms with Crippen LogP contribution in [-0.4, -0.2) is 41.8 Å². The highest BCUT2D eigenvalue weighted by Gasteiger charge is 2.29. The maximum absolute atomic E-state index is 12.2. The Kier molecular flexibility index (Phi) is 6.37. The van der Waals surface area contributed by atoms with Crippen LogP contribution in [0.3, 0.4) is 0 Å². The second-order valence-corrected chi connectivity index (χ2v) is 5.42. The lowest BCUT2D eigenvalue weighted by Crippen LogP contribution is -2.12. The molecule has 0 radical (unpaired) electrons. The molecule has 1 heterocycles. The van der Waals surface area contributed by atoms with Crippen molar-refractivity contribution in [2.24, 2.45) is 0 Å². The minimum atomic E-state index is -0.677. The normalized spacial score (nSPS) is 10.5. The van der Waals surface area contributed by atoms with Gasteiger partial charge in [-0.25, -0.2) is 14.3 Å². The summed E-state index contributed by atoms with van der Waals surface area (Å²) in [5, 5.41) is 4.31. The van der Waals surface area contributed by atoms with Crippen molar-refractivity contribution < 1.29 is 19.1 Å². The number of hydrogen-bond donors (Lipinski definition) is 0. The van der Waals surface area contributed by atoms with Crippen LogP contribution in [0.4, 0.5) is 0 Å². The third-order valence-electron chi connectivity index (χ3n) is 3.55. The standard InChI is InChI=1S/C17H19ClN2O4/c1-23-16(21)14-13(10-6-7-11-18)20(12-8-4-3-5-9-12)19-15(14)17(22)24-2/h3-5,8-9H,6-7,10-11H2,1-2H3. The topological polar surface area (TPSA) is 70.4 Å². The van der Waals surface area contributed by atoms with E-state index in [4.69, 9.17) is 21.1 Å². The zero-order chi connectivity index (χ0) is 17.5. The van der Waals surface area contributed by atoms with Gasteiger partial charge in [-0.05, 0) is 31.4 Å². The summed E-state index contributed by atoms with van der Waals surface area (Å²) in [4.78, 5) is 24.3. The number of ether oxygens (including phenoxy) is 2. The first kappa shape index (κ1) is 18.0. The number of esters is 2. The van der Waals surface area contributed by atoms with Crippen molar-refractivity contribution in [1.29, 1.82) is 0 Å². The molecule has 24 heavy (non-hydrogen) atoms. The zero-order valence-corrected chi connectivity index (χ0v) is 14.4. The lowest BCUT2D eigenvalue weighted by Gasteiger charge is -2.08. The summed E-state index contributed by atoms with van der Waals surface area (Å²) < 4.78 is 11.2. The Labute approximate surface area is 145 Å². The number of carbonyl (C=O) groups excluding carboxylic acids is 2. The number of hydrogen-bond acceptors (Lipinski definition) is 5. The summed E-state index contributed by atoms with van der Waals surface area (Å²) >= 11 is 5.74. The summed E-state index contributed by atoms with van der Waals surface area (Å²) in [6.45, 7) is 0. The Balaban J connectivity index is 2.61. The highest BCUT2D eigenvalue weighted by Crippen LogP contribution is 2.23. The average Bonchev–Trinajstić information content (AvgIpc) is 3.01. The fourth-order valence-corrected chi connectivity index (χ4v) is 2.60. The molecule has 0 bridgehead atoms. The van der Waals surface area contributed by atoms with Crippen LogP contribution < -0.4 is 0 Å². The van der Waals surface area contributed by atoms with E-state index >= 15 is 0 Å². The van der Waals surface area contributed by atoms with Crippen LogP contribution in [0.5, 0.6) is 0 Å². The van der Waals surface area contributed by atoms with Gasteiger partial charge in [-0.2, -0.15) is 5.10 Å². The highest BCUT2D eigenvalue weighted by molar-refractivity contribution is 6.17. The molecule has 1 aromatic carbocycles. The van der Waals surface area contributed by atoms with E-state index in [2.05, 4.69) is 5.10 Å². The molecule has 0 aliphatic rings. The van der Waals surface area contributed by atoms with E-state index in [0.29, 0.717) is 18.0 Å². The van der Waals surface area contributed by atoms with Gasteiger partial charge in [0.2, 0.25) is 0 Å². The fraction of sp³-hybridized carbons (Fsp3) is 0.353. The first-order valence-corrected chi connectivity index (χ1v) is 8.07. The second kappa shape index (κ2) is 8.49. The minimum absolute atomic E-state index is 0.0472. The van der Waals surface area contributed by atoms with Crippen LogP contribution in [0, 0.1) is 0 Å². The van der Waals surface area contributed by atoms with Crippen molar-refractivity contribution in [3.63, 3.8) is 0 Å². The SMILES string of the molecule is COC(=O)c1nn(-c2ccccc2)c(CCCCCl)c1C(=O)OC. The quantitative estimate of drug-likeness (QED) is 0.436. The molecule has 1 aromatic heterocycles. The van der Waals surface area contributed by atoms with Crippen molar-refractivity contribution in [2.45, 2.75) is 19.3 Å². The molecule has 6 nitrogen and oxygen atoms in total. The third kappa shape index (κ3) is 3.76. The van der Waals surface area contributed by atoms with Crippen LogP contribution >= 0.6 is 11.6 Å². The van der Waals surface area contributed by atoms with Crippen molar-refractivity contribution in [3.05, 3.63) is 47.3 Å². The Hall–Kier alpha value is -2.34. The summed E-state index contributed by atoms with van der Waals surface area (Å²) in [6.07, 6.45) is 2.08. The van der Waals surface area contributed by atoms with Crippen molar-refractivity contribution in [3.8, 4) is 5.69 Å². The average molecular weight is 351 g/mol. The van der Waals surface area contributed by atoms with E-state index in [9.17, 15) is 9.59 Å². The molecular formula is C17H19ClN2O4. The minimum Gasteiger partial charge on any atom is -0.465 e. The number of para-hydroxylation sites is 1. The Morgan fingerprint density at radius 2 is 1.75 bits per heavy atom. The predicted octanol–water partition coefficient (Wildman–Crippen LogP) is 3.01. The van der Waals surface area contributed by atoms with Crippen LogP contribution in [0.15, 0.2) is 30.3 Å². The molecule has 0 aliphatic heterocycles. The lowest BCUT2D eigenvalue weighted by molar-refractivity contribution is 0.0551. The van der Waals surface area contributed by atoms with Gasteiger partial charge in [0.25, 0.3) is 0 Å². The van der Waals surface area contributed by atoms with Crippen LogP contribution in [0.2, 0.25) is 0 Å². The first-order valence-electron chi connectivity index (χ1n) is 7.54. The van der Waals surface area contributed by atoms with Crippen LogP contribution in [0.1, 0.15) is 39.4 Å². The van der Waals surface area contributed by atoms with E-state index < -0.39 is 11.9 Å². The number of halogens is 1. The molecule has 0 aliphatic carbocycles. The van der Waals surface area contributed by atoms with Gasteiger partial charge in [0.15, 0.2) is 5.69 Å². The molecule has 0 amide bonds. The largest absolute Gasteiger partial charge is 0.465 e. The Bertz CT molecular complexity index is 713. The van der Waals surface area contributed by atoms with Gasteiger partial charge in [-0.3, -0.25) is 0 Å². The smallest absolute Gasteiger partial charge is 0.359 e. The van der Waals surface area contributed by atoms with E-state index in [1.807, 2.05) is 30.3 Å². The molecule has 0 N–H and O–H groups in total. The number of aromatic nitrogens is 2. The number of unbranched alkanes of at least 4 members (excludes halogenated alkanes) is 1. The Morgan fingerprint density at radius 3 is 2.33 bits per heavy atom. The lowest BCUT2D eigenvalue weighted by atomic mass is 10.1. The molecule has 0 spiro atoms. The summed E-state index contributed by atoms with van der Waals surface area (Å²) in [5.41, 5.74) is 1.45. The maximum atomic E-state index is 12.2. The van der Waals surface area contributed by atoms with Gasteiger partial charge < -0.3 is 9.47 Å². The molecule has 0 fully saturated rings. The first-order chi connectivity index (χ1) is 11.6. The molecule has 0 saturated carbocycles. The highest BCUT2D eigenvalue weighted by atomic mass is 35.5. The van der Waals surface area contributed by atoms with E-state index in [0.717, 1.165) is 18.5 Å². The van der Waals surface area contributed by atoms with E-state index in [-0.39, 0.29) is 11.3 Å². The number of benzene rings is 1. The number of nitrogens with zero attached hydrogens (tertiary/aromatic N) is 2. The van der Waals surface area contributed by atoms with Crippen molar-refractivity contribution in [2.75, 3.05) is 20.1 Å².